The minimum atomic E-state index is -0.548. The molecule has 0 saturated heterocycles. The van der Waals surface area contributed by atoms with Crippen LogP contribution in [0.3, 0.4) is 0 Å². The van der Waals surface area contributed by atoms with Crippen molar-refractivity contribution in [1.82, 2.24) is 10.2 Å². The Morgan fingerprint density at radius 2 is 1.94 bits per heavy atom. The molecule has 1 N–H and O–H groups in total. The molecule has 0 aromatic heterocycles. The largest absolute Gasteiger partial charge is 0.463 e. The highest BCUT2D eigenvalue weighted by Gasteiger charge is 2.38. The van der Waals surface area contributed by atoms with E-state index in [9.17, 15) is 14.4 Å². The minimum absolute atomic E-state index is 0.00462. The molecule has 0 aliphatic carbocycles. The van der Waals surface area contributed by atoms with E-state index in [0.717, 1.165) is 5.56 Å². The van der Waals surface area contributed by atoms with Gasteiger partial charge in [-0.3, -0.25) is 9.59 Å². The molecular formula is C25H25ClN2O6. The molecule has 2 amide bonds. The molecule has 2 heterocycles. The number of benzene rings is 2. The van der Waals surface area contributed by atoms with Crippen molar-refractivity contribution in [3.05, 3.63) is 69.9 Å². The van der Waals surface area contributed by atoms with Gasteiger partial charge in [-0.25, -0.2) is 4.79 Å². The number of ether oxygens (including phenoxy) is 3. The Morgan fingerprint density at radius 3 is 2.71 bits per heavy atom. The number of nitrogens with one attached hydrogen (secondary N) is 1. The number of halogens is 1. The van der Waals surface area contributed by atoms with Crippen molar-refractivity contribution in [3.8, 4) is 11.5 Å². The Kier molecular flexibility index (Phi) is 7.07. The number of fused-ring (bicyclic) bond motifs is 1. The average molecular weight is 485 g/mol. The van der Waals surface area contributed by atoms with Gasteiger partial charge in [-0.05, 0) is 43.2 Å². The first kappa shape index (κ1) is 23.6. The van der Waals surface area contributed by atoms with Crippen molar-refractivity contribution in [3.63, 3.8) is 0 Å². The second-order valence-electron chi connectivity index (χ2n) is 7.94. The minimum Gasteiger partial charge on any atom is -0.463 e. The highest BCUT2D eigenvalue weighted by atomic mass is 35.5. The Morgan fingerprint density at radius 1 is 1.18 bits per heavy atom. The Bertz CT molecular complexity index is 1160. The zero-order valence-corrected chi connectivity index (χ0v) is 19.7. The summed E-state index contributed by atoms with van der Waals surface area (Å²) in [5.74, 6) is -0.411. The number of esters is 1. The highest BCUT2D eigenvalue weighted by molar-refractivity contribution is 6.31. The second-order valence-corrected chi connectivity index (χ2v) is 8.35. The number of carbonyl (C=O) groups excluding carboxylic acids is 3. The number of hydrogen-bond donors (Lipinski definition) is 1. The van der Waals surface area contributed by atoms with E-state index in [1.807, 2.05) is 6.07 Å². The summed E-state index contributed by atoms with van der Waals surface area (Å²) < 4.78 is 15.9. The van der Waals surface area contributed by atoms with Gasteiger partial charge in [0.2, 0.25) is 18.6 Å². The number of nitrogens with zero attached hydrogens (tertiary/aromatic N) is 1. The molecule has 9 heteroatoms. The molecule has 8 nitrogen and oxygen atoms in total. The number of amides is 2. The molecular weight excluding hydrogens is 460 g/mol. The monoisotopic (exact) mass is 484 g/mol. The zero-order valence-electron chi connectivity index (χ0n) is 18.9. The van der Waals surface area contributed by atoms with E-state index in [1.54, 1.807) is 50.2 Å². The van der Waals surface area contributed by atoms with Gasteiger partial charge >= 0.3 is 5.97 Å². The first-order chi connectivity index (χ1) is 16.4. The van der Waals surface area contributed by atoms with Gasteiger partial charge in [0.1, 0.15) is 6.54 Å². The molecule has 2 aliphatic rings. The molecule has 34 heavy (non-hydrogen) atoms. The van der Waals surface area contributed by atoms with Crippen LogP contribution >= 0.6 is 11.6 Å². The molecule has 0 bridgehead atoms. The third kappa shape index (κ3) is 4.87. The fraction of sp³-hybridized carbons (Fsp3) is 0.320. The first-order valence-corrected chi connectivity index (χ1v) is 11.3. The summed E-state index contributed by atoms with van der Waals surface area (Å²) in [5.41, 5.74) is 2.23. The van der Waals surface area contributed by atoms with E-state index in [-0.39, 0.29) is 44.7 Å². The summed E-state index contributed by atoms with van der Waals surface area (Å²) >= 11 is 6.37. The van der Waals surface area contributed by atoms with Gasteiger partial charge < -0.3 is 24.4 Å². The maximum atomic E-state index is 13.0. The molecule has 0 unspecified atom stereocenters. The summed E-state index contributed by atoms with van der Waals surface area (Å²) in [6.07, 6.45) is 0.00462. The van der Waals surface area contributed by atoms with Crippen LogP contribution in [0.25, 0.3) is 0 Å². The Balaban J connectivity index is 1.52. The van der Waals surface area contributed by atoms with E-state index < -0.39 is 11.9 Å². The molecule has 2 aliphatic heterocycles. The van der Waals surface area contributed by atoms with Crippen molar-refractivity contribution >= 4 is 29.4 Å². The van der Waals surface area contributed by atoms with Gasteiger partial charge in [0.25, 0.3) is 0 Å². The molecule has 0 spiro atoms. The van der Waals surface area contributed by atoms with Crippen LogP contribution in [-0.4, -0.2) is 42.6 Å². The lowest BCUT2D eigenvalue weighted by Crippen LogP contribution is -2.44. The maximum Gasteiger partial charge on any atom is 0.336 e. The van der Waals surface area contributed by atoms with E-state index in [4.69, 9.17) is 25.8 Å². The molecule has 0 radical (unpaired) electrons. The van der Waals surface area contributed by atoms with E-state index in [2.05, 4.69) is 5.32 Å². The average Bonchev–Trinajstić information content (AvgIpc) is 3.28. The third-order valence-corrected chi connectivity index (χ3v) is 6.17. The van der Waals surface area contributed by atoms with E-state index in [1.165, 1.54) is 4.90 Å². The van der Waals surface area contributed by atoms with Crippen molar-refractivity contribution in [1.29, 1.82) is 0 Å². The maximum absolute atomic E-state index is 13.0. The highest BCUT2D eigenvalue weighted by Crippen LogP contribution is 2.39. The summed E-state index contributed by atoms with van der Waals surface area (Å²) in [7, 11) is 0. The second kappa shape index (κ2) is 10.2. The summed E-state index contributed by atoms with van der Waals surface area (Å²) in [5, 5.41) is 3.27. The lowest BCUT2D eigenvalue weighted by atomic mass is 9.83. The molecule has 0 fully saturated rings. The summed E-state index contributed by atoms with van der Waals surface area (Å²) in [6, 6.07) is 12.5. The molecule has 178 valence electrons. The van der Waals surface area contributed by atoms with E-state index in [0.29, 0.717) is 33.4 Å². The Labute approximate surface area is 202 Å². The van der Waals surface area contributed by atoms with Crippen LogP contribution in [0.15, 0.2) is 53.7 Å². The molecule has 2 aromatic rings. The predicted octanol–water partition coefficient (Wildman–Crippen LogP) is 3.54. The van der Waals surface area contributed by atoms with Gasteiger partial charge in [-0.15, -0.1) is 0 Å². The van der Waals surface area contributed by atoms with Gasteiger partial charge in [0.05, 0.1) is 12.2 Å². The third-order valence-electron chi connectivity index (χ3n) is 5.83. The smallest absolute Gasteiger partial charge is 0.336 e. The number of hydrogen-bond acceptors (Lipinski definition) is 6. The Hall–Kier alpha value is -3.52. The standard InChI is InChI=1S/C25H25ClN2O6/c1-3-32-25(31)24-15(2)28(23(30)11-18(24)17-6-4-5-7-19(17)26)13-22(29)27-12-16-8-9-20-21(10-16)34-14-33-20/h4-10,18H,3,11-14H2,1-2H3,(H,27,29)/t18-/m0/s1. The van der Waals surface area contributed by atoms with Crippen LogP contribution in [0.2, 0.25) is 5.02 Å². The number of rotatable bonds is 7. The lowest BCUT2D eigenvalue weighted by Gasteiger charge is -2.34. The van der Waals surface area contributed by atoms with Gasteiger partial charge in [0.15, 0.2) is 11.5 Å². The van der Waals surface area contributed by atoms with Crippen molar-refractivity contribution in [2.24, 2.45) is 0 Å². The number of carbonyl (C=O) groups is 3. The molecule has 0 saturated carbocycles. The normalized spacial score (nSPS) is 17.1. The first-order valence-electron chi connectivity index (χ1n) is 11.0. The van der Waals surface area contributed by atoms with Crippen molar-refractivity contribution < 1.29 is 28.6 Å². The van der Waals surface area contributed by atoms with Crippen LogP contribution in [0.4, 0.5) is 0 Å². The summed E-state index contributed by atoms with van der Waals surface area (Å²) in [6.45, 7) is 3.77. The van der Waals surface area contributed by atoms with Crippen LogP contribution in [0.5, 0.6) is 11.5 Å². The van der Waals surface area contributed by atoms with Crippen LogP contribution in [-0.2, 0) is 25.7 Å². The molecule has 4 rings (SSSR count). The molecule has 2 aromatic carbocycles. The topological polar surface area (TPSA) is 94.2 Å². The van der Waals surface area contributed by atoms with Gasteiger partial charge in [-0.1, -0.05) is 35.9 Å². The van der Waals surface area contributed by atoms with Gasteiger partial charge in [-0.2, -0.15) is 0 Å². The SMILES string of the molecule is CCOC(=O)C1=C(C)N(CC(=O)NCc2ccc3c(c2)OCO3)C(=O)C[C@H]1c1ccccc1Cl. The quantitative estimate of drug-likeness (QED) is 0.604. The molecule has 1 atom stereocenters. The van der Waals surface area contributed by atoms with Crippen LogP contribution in [0.1, 0.15) is 37.3 Å². The van der Waals surface area contributed by atoms with Crippen LogP contribution in [0, 0.1) is 0 Å². The predicted molar refractivity (Wildman–Crippen MR) is 124 cm³/mol. The number of allylic oxidation sites excluding steroid dienone is 1. The lowest BCUT2D eigenvalue weighted by molar-refractivity contribution is -0.141. The van der Waals surface area contributed by atoms with Gasteiger partial charge in [0, 0.05) is 29.6 Å². The van der Waals surface area contributed by atoms with Crippen molar-refractivity contribution in [2.45, 2.75) is 32.7 Å². The fourth-order valence-corrected chi connectivity index (χ4v) is 4.42. The van der Waals surface area contributed by atoms with Crippen LogP contribution < -0.4 is 14.8 Å². The zero-order chi connectivity index (χ0) is 24.2. The summed E-state index contributed by atoms with van der Waals surface area (Å²) in [4.78, 5) is 39.9. The fourth-order valence-electron chi connectivity index (χ4n) is 4.15. The van der Waals surface area contributed by atoms with Crippen molar-refractivity contribution in [2.75, 3.05) is 19.9 Å². The van der Waals surface area contributed by atoms with E-state index >= 15 is 0 Å².